The van der Waals surface area contributed by atoms with Gasteiger partial charge in [-0.25, -0.2) is 0 Å². The largest absolute Gasteiger partial charge is 0.496 e. The first-order valence-electron chi connectivity index (χ1n) is 6.67. The molecule has 0 aliphatic heterocycles. The van der Waals surface area contributed by atoms with Crippen molar-refractivity contribution in [1.82, 2.24) is 5.32 Å². The maximum atomic E-state index is 12.2. The molecule has 0 aliphatic rings. The summed E-state index contributed by atoms with van der Waals surface area (Å²) in [5, 5.41) is 5.37. The number of hydrogen-bond donors (Lipinski definition) is 3. The van der Waals surface area contributed by atoms with Crippen molar-refractivity contribution in [2.24, 2.45) is 5.73 Å². The number of benzene rings is 2. The molecule has 7 heteroatoms. The molecule has 0 saturated carbocycles. The van der Waals surface area contributed by atoms with E-state index in [1.54, 1.807) is 48.5 Å². The topological polar surface area (TPSA) is 93.4 Å². The van der Waals surface area contributed by atoms with Crippen LogP contribution < -0.4 is 21.1 Å². The lowest BCUT2D eigenvalue weighted by Gasteiger charge is -2.13. The van der Waals surface area contributed by atoms with Crippen molar-refractivity contribution < 1.29 is 14.3 Å². The van der Waals surface area contributed by atoms with E-state index >= 15 is 0 Å². The zero-order valence-electron chi connectivity index (χ0n) is 12.3. The average Bonchev–Trinajstić information content (AvgIpc) is 2.54. The van der Waals surface area contributed by atoms with E-state index in [1.807, 2.05) is 0 Å². The smallest absolute Gasteiger partial charge is 0.261 e. The molecule has 23 heavy (non-hydrogen) atoms. The third-order valence-electron chi connectivity index (χ3n) is 3.02. The molecular weight excluding hydrogens is 314 g/mol. The first-order valence-corrected chi connectivity index (χ1v) is 7.08. The van der Waals surface area contributed by atoms with E-state index in [1.165, 1.54) is 7.11 Å². The number of methoxy groups -OCH3 is 1. The van der Waals surface area contributed by atoms with Crippen molar-refractivity contribution >= 4 is 34.8 Å². The molecule has 0 radical (unpaired) electrons. The minimum atomic E-state index is -0.591. The van der Waals surface area contributed by atoms with E-state index in [4.69, 9.17) is 22.7 Å². The van der Waals surface area contributed by atoms with Crippen LogP contribution in [-0.2, 0) is 0 Å². The van der Waals surface area contributed by atoms with Gasteiger partial charge in [-0.2, -0.15) is 0 Å². The lowest BCUT2D eigenvalue weighted by molar-refractivity contribution is 0.0972. The zero-order valence-corrected chi connectivity index (χ0v) is 13.1. The van der Waals surface area contributed by atoms with Gasteiger partial charge in [0.05, 0.1) is 23.9 Å². The highest BCUT2D eigenvalue weighted by atomic mass is 32.1. The summed E-state index contributed by atoms with van der Waals surface area (Å²) in [7, 11) is 1.48. The summed E-state index contributed by atoms with van der Waals surface area (Å²) >= 11 is 5.10. The Labute approximate surface area is 138 Å². The number of carbonyl (C=O) groups excluding carboxylic acids is 2. The van der Waals surface area contributed by atoms with Gasteiger partial charge in [0.25, 0.3) is 11.8 Å². The first kappa shape index (κ1) is 16.4. The van der Waals surface area contributed by atoms with Crippen LogP contribution in [-0.4, -0.2) is 24.0 Å². The predicted molar refractivity (Wildman–Crippen MR) is 91.6 cm³/mol. The van der Waals surface area contributed by atoms with Gasteiger partial charge < -0.3 is 15.8 Å². The molecule has 2 rings (SSSR count). The summed E-state index contributed by atoms with van der Waals surface area (Å²) in [4.78, 5) is 23.6. The molecule has 0 aliphatic carbocycles. The Bertz CT molecular complexity index is 762. The molecule has 0 saturated heterocycles. The van der Waals surface area contributed by atoms with Gasteiger partial charge >= 0.3 is 0 Å². The van der Waals surface area contributed by atoms with Crippen molar-refractivity contribution in [2.45, 2.75) is 0 Å². The second-order valence-corrected chi connectivity index (χ2v) is 4.93. The van der Waals surface area contributed by atoms with Gasteiger partial charge in [-0.05, 0) is 36.5 Å². The lowest BCUT2D eigenvalue weighted by atomic mass is 10.1. The van der Waals surface area contributed by atoms with Crippen LogP contribution in [0.3, 0.4) is 0 Å². The molecule has 0 heterocycles. The standard InChI is InChI=1S/C16H15N3O3S/c1-22-13-9-5-3-7-11(13)15(21)19-16(23)18-12-8-4-2-6-10(12)14(17)20/h2-9H,1H3,(H2,17,20)(H2,18,19,21,23). The van der Waals surface area contributed by atoms with E-state index in [2.05, 4.69) is 10.6 Å². The van der Waals surface area contributed by atoms with Crippen LogP contribution in [0.25, 0.3) is 0 Å². The SMILES string of the molecule is COc1ccccc1C(=O)NC(=S)Nc1ccccc1C(N)=O. The van der Waals surface area contributed by atoms with Crippen LogP contribution in [0.15, 0.2) is 48.5 Å². The van der Waals surface area contributed by atoms with E-state index in [0.29, 0.717) is 17.0 Å². The Morgan fingerprint density at radius 1 is 1.04 bits per heavy atom. The molecule has 0 bridgehead atoms. The highest BCUT2D eigenvalue weighted by Gasteiger charge is 2.14. The summed E-state index contributed by atoms with van der Waals surface area (Å²) in [6.45, 7) is 0. The molecular formula is C16H15N3O3S. The number of para-hydroxylation sites is 2. The first-order chi connectivity index (χ1) is 11.0. The van der Waals surface area contributed by atoms with Gasteiger partial charge in [-0.15, -0.1) is 0 Å². The molecule has 4 N–H and O–H groups in total. The molecule has 0 fully saturated rings. The third kappa shape index (κ3) is 4.04. The number of hydrogen-bond acceptors (Lipinski definition) is 4. The summed E-state index contributed by atoms with van der Waals surface area (Å²) < 4.78 is 5.13. The number of rotatable bonds is 4. The minimum absolute atomic E-state index is 0.0506. The Hall–Kier alpha value is -2.93. The Morgan fingerprint density at radius 2 is 1.65 bits per heavy atom. The van der Waals surface area contributed by atoms with Gasteiger partial charge in [0.2, 0.25) is 0 Å². The van der Waals surface area contributed by atoms with Crippen molar-refractivity contribution in [3.63, 3.8) is 0 Å². The van der Waals surface area contributed by atoms with Crippen LogP contribution in [0.5, 0.6) is 5.75 Å². The van der Waals surface area contributed by atoms with Crippen molar-refractivity contribution in [3.05, 3.63) is 59.7 Å². The molecule has 0 atom stereocenters. The Kier molecular flexibility index (Phi) is 5.27. The maximum absolute atomic E-state index is 12.2. The van der Waals surface area contributed by atoms with Crippen LogP contribution in [0.2, 0.25) is 0 Å². The predicted octanol–water partition coefficient (Wildman–Crippen LogP) is 1.92. The highest BCUT2D eigenvalue weighted by Crippen LogP contribution is 2.17. The third-order valence-corrected chi connectivity index (χ3v) is 3.22. The zero-order chi connectivity index (χ0) is 16.8. The minimum Gasteiger partial charge on any atom is -0.496 e. The highest BCUT2D eigenvalue weighted by molar-refractivity contribution is 7.80. The molecule has 2 aromatic carbocycles. The molecule has 6 nitrogen and oxygen atoms in total. The summed E-state index contributed by atoms with van der Waals surface area (Å²) in [5.74, 6) is -0.575. The number of ether oxygens (including phenoxy) is 1. The van der Waals surface area contributed by atoms with Crippen LogP contribution in [0.4, 0.5) is 5.69 Å². The Morgan fingerprint density at radius 3 is 2.30 bits per heavy atom. The fraction of sp³-hybridized carbons (Fsp3) is 0.0625. The second-order valence-electron chi connectivity index (χ2n) is 4.52. The molecule has 2 aromatic rings. The fourth-order valence-corrected chi connectivity index (χ4v) is 2.17. The second kappa shape index (κ2) is 7.37. The molecule has 0 aromatic heterocycles. The molecule has 2 amide bonds. The molecule has 0 unspecified atom stereocenters. The maximum Gasteiger partial charge on any atom is 0.261 e. The number of primary amides is 1. The number of carbonyl (C=O) groups is 2. The normalized spacial score (nSPS) is 9.78. The van der Waals surface area contributed by atoms with Gasteiger partial charge in [0.1, 0.15) is 5.75 Å². The molecule has 118 valence electrons. The number of nitrogens with two attached hydrogens (primary N) is 1. The van der Waals surface area contributed by atoms with Gasteiger partial charge in [-0.3, -0.25) is 14.9 Å². The van der Waals surface area contributed by atoms with E-state index in [9.17, 15) is 9.59 Å². The van der Waals surface area contributed by atoms with Gasteiger partial charge in [-0.1, -0.05) is 24.3 Å². The van der Waals surface area contributed by atoms with Crippen LogP contribution >= 0.6 is 12.2 Å². The summed E-state index contributed by atoms with van der Waals surface area (Å²) in [6.07, 6.45) is 0. The number of nitrogens with one attached hydrogen (secondary N) is 2. The monoisotopic (exact) mass is 329 g/mol. The van der Waals surface area contributed by atoms with Crippen LogP contribution in [0, 0.1) is 0 Å². The van der Waals surface area contributed by atoms with E-state index in [0.717, 1.165) is 0 Å². The van der Waals surface area contributed by atoms with Crippen LogP contribution in [0.1, 0.15) is 20.7 Å². The van der Waals surface area contributed by atoms with E-state index in [-0.39, 0.29) is 10.7 Å². The van der Waals surface area contributed by atoms with Gasteiger partial charge in [0.15, 0.2) is 5.11 Å². The quantitative estimate of drug-likeness (QED) is 0.745. The number of anilines is 1. The average molecular weight is 329 g/mol. The number of amides is 2. The van der Waals surface area contributed by atoms with Crippen molar-refractivity contribution in [1.29, 1.82) is 0 Å². The van der Waals surface area contributed by atoms with E-state index < -0.39 is 11.8 Å². The fourth-order valence-electron chi connectivity index (χ4n) is 1.96. The van der Waals surface area contributed by atoms with Crippen molar-refractivity contribution in [2.75, 3.05) is 12.4 Å². The van der Waals surface area contributed by atoms with Crippen molar-refractivity contribution in [3.8, 4) is 5.75 Å². The number of thiocarbonyl (C=S) groups is 1. The summed E-state index contributed by atoms with van der Waals surface area (Å²) in [5.41, 5.74) is 6.34. The molecule has 0 spiro atoms. The summed E-state index contributed by atoms with van der Waals surface area (Å²) in [6, 6.07) is 13.4. The van der Waals surface area contributed by atoms with Gasteiger partial charge in [0, 0.05) is 0 Å². The lowest BCUT2D eigenvalue weighted by Crippen LogP contribution is -2.34. The Balaban J connectivity index is 2.11.